The lowest BCUT2D eigenvalue weighted by Gasteiger charge is -2.20. The molecule has 17 heavy (non-hydrogen) atoms. The van der Waals surface area contributed by atoms with Gasteiger partial charge in [0.05, 0.1) is 0 Å². The zero-order chi connectivity index (χ0) is 13.1. The van der Waals surface area contributed by atoms with Gasteiger partial charge in [0.25, 0.3) is 0 Å². The van der Waals surface area contributed by atoms with Crippen LogP contribution in [0.4, 0.5) is 0 Å². The second-order valence-electron chi connectivity index (χ2n) is 5.35. The smallest absolute Gasteiger partial charge is 0.172 e. The second kappa shape index (κ2) is 5.35. The van der Waals surface area contributed by atoms with Crippen LogP contribution in [0.1, 0.15) is 46.6 Å². The van der Waals surface area contributed by atoms with Gasteiger partial charge in [0.2, 0.25) is 0 Å². The summed E-state index contributed by atoms with van der Waals surface area (Å²) >= 11 is 0. The Balaban J connectivity index is 2.72. The topological polar surface area (TPSA) is 26.3 Å². The average molecular weight is 234 g/mol. The van der Waals surface area contributed by atoms with Crippen molar-refractivity contribution in [3.63, 3.8) is 0 Å². The van der Waals surface area contributed by atoms with Crippen LogP contribution < -0.4 is 4.74 Å². The summed E-state index contributed by atoms with van der Waals surface area (Å²) in [5.74, 6) is 0.886. The number of ether oxygens (including phenoxy) is 1. The molecule has 1 aromatic rings. The third kappa shape index (κ3) is 3.88. The maximum absolute atomic E-state index is 11.4. The predicted molar refractivity (Wildman–Crippen MR) is 70.5 cm³/mol. The molecule has 1 rings (SSSR count). The first-order valence-electron chi connectivity index (χ1n) is 6.14. The Hall–Kier alpha value is -1.31. The highest BCUT2D eigenvalue weighted by atomic mass is 16.5. The molecule has 2 nitrogen and oxygen atoms in total. The first kappa shape index (κ1) is 13.8. The SMILES string of the molecule is CCC(=O)C(C)Oc1ccc(C(C)(C)C)cc1. The van der Waals surface area contributed by atoms with E-state index in [1.54, 1.807) is 6.92 Å². The normalized spacial score (nSPS) is 13.2. The molecule has 0 amide bonds. The van der Waals surface area contributed by atoms with Gasteiger partial charge in [-0.25, -0.2) is 0 Å². The summed E-state index contributed by atoms with van der Waals surface area (Å²) in [6, 6.07) is 7.97. The third-order valence-electron chi connectivity index (χ3n) is 2.84. The molecule has 0 heterocycles. The Morgan fingerprint density at radius 2 is 1.76 bits per heavy atom. The fraction of sp³-hybridized carbons (Fsp3) is 0.533. The van der Waals surface area contributed by atoms with Gasteiger partial charge in [-0.15, -0.1) is 0 Å². The predicted octanol–water partition coefficient (Wildman–Crippen LogP) is 3.73. The van der Waals surface area contributed by atoms with E-state index in [9.17, 15) is 4.79 Å². The molecular formula is C15H22O2. The van der Waals surface area contributed by atoms with Crippen LogP contribution in [0.15, 0.2) is 24.3 Å². The van der Waals surface area contributed by atoms with Crippen LogP contribution in [0.5, 0.6) is 5.75 Å². The summed E-state index contributed by atoms with van der Waals surface area (Å²) < 4.78 is 5.59. The Labute approximate surface area is 104 Å². The number of benzene rings is 1. The number of carbonyl (C=O) groups is 1. The van der Waals surface area contributed by atoms with Gasteiger partial charge in [-0.3, -0.25) is 4.79 Å². The van der Waals surface area contributed by atoms with E-state index in [0.717, 1.165) is 5.75 Å². The van der Waals surface area contributed by atoms with Gasteiger partial charge in [-0.05, 0) is 30.0 Å². The highest BCUT2D eigenvalue weighted by Gasteiger charge is 2.15. The minimum absolute atomic E-state index is 0.130. The van der Waals surface area contributed by atoms with Crippen molar-refractivity contribution >= 4 is 5.78 Å². The second-order valence-corrected chi connectivity index (χ2v) is 5.35. The van der Waals surface area contributed by atoms with E-state index < -0.39 is 0 Å². The molecule has 94 valence electrons. The van der Waals surface area contributed by atoms with E-state index in [1.165, 1.54) is 5.56 Å². The van der Waals surface area contributed by atoms with Crippen molar-refractivity contribution in [3.05, 3.63) is 29.8 Å². The van der Waals surface area contributed by atoms with Crippen molar-refractivity contribution in [1.29, 1.82) is 0 Å². The third-order valence-corrected chi connectivity index (χ3v) is 2.84. The molecule has 0 aliphatic rings. The largest absolute Gasteiger partial charge is 0.483 e. The van der Waals surface area contributed by atoms with Crippen LogP contribution in [0.2, 0.25) is 0 Å². The van der Waals surface area contributed by atoms with Gasteiger partial charge < -0.3 is 4.74 Å². The summed E-state index contributed by atoms with van der Waals surface area (Å²) in [6.45, 7) is 10.2. The van der Waals surface area contributed by atoms with E-state index in [2.05, 4.69) is 32.9 Å². The Bertz CT molecular complexity index is 371. The summed E-state index contributed by atoms with van der Waals surface area (Å²) in [4.78, 5) is 11.4. The molecule has 1 aromatic carbocycles. The van der Waals surface area contributed by atoms with Crippen LogP contribution >= 0.6 is 0 Å². The molecular weight excluding hydrogens is 212 g/mol. The van der Waals surface area contributed by atoms with Gasteiger partial charge in [0.1, 0.15) is 5.75 Å². The number of carbonyl (C=O) groups excluding carboxylic acids is 1. The van der Waals surface area contributed by atoms with Gasteiger partial charge in [-0.2, -0.15) is 0 Å². The molecule has 0 N–H and O–H groups in total. The van der Waals surface area contributed by atoms with E-state index in [1.807, 2.05) is 19.1 Å². The number of hydrogen-bond acceptors (Lipinski definition) is 2. The quantitative estimate of drug-likeness (QED) is 0.793. The number of rotatable bonds is 4. The first-order chi connectivity index (χ1) is 7.84. The minimum Gasteiger partial charge on any atom is -0.483 e. The van der Waals surface area contributed by atoms with Crippen molar-refractivity contribution in [2.45, 2.75) is 52.6 Å². The molecule has 1 unspecified atom stereocenters. The highest BCUT2D eigenvalue weighted by Crippen LogP contribution is 2.24. The fourth-order valence-electron chi connectivity index (χ4n) is 1.59. The minimum atomic E-state index is -0.361. The molecule has 0 bridgehead atoms. The zero-order valence-corrected chi connectivity index (χ0v) is 11.4. The highest BCUT2D eigenvalue weighted by molar-refractivity contribution is 5.82. The van der Waals surface area contributed by atoms with Crippen molar-refractivity contribution in [3.8, 4) is 5.75 Å². The van der Waals surface area contributed by atoms with Crippen molar-refractivity contribution in [1.82, 2.24) is 0 Å². The number of hydrogen-bond donors (Lipinski definition) is 0. The molecule has 0 spiro atoms. The Morgan fingerprint density at radius 3 is 2.18 bits per heavy atom. The summed E-state index contributed by atoms with van der Waals surface area (Å²) in [5.41, 5.74) is 1.41. The monoisotopic (exact) mass is 234 g/mol. The Kier molecular flexibility index (Phi) is 4.33. The van der Waals surface area contributed by atoms with E-state index in [-0.39, 0.29) is 17.3 Å². The molecule has 0 aliphatic heterocycles. The standard InChI is InChI=1S/C15H22O2/c1-6-14(16)11(2)17-13-9-7-12(8-10-13)15(3,4)5/h7-11H,6H2,1-5H3. The van der Waals surface area contributed by atoms with Crippen molar-refractivity contribution < 1.29 is 9.53 Å². The van der Waals surface area contributed by atoms with Crippen LogP contribution in [0.25, 0.3) is 0 Å². The summed E-state index contributed by atoms with van der Waals surface area (Å²) in [5, 5.41) is 0. The van der Waals surface area contributed by atoms with Crippen molar-refractivity contribution in [2.75, 3.05) is 0 Å². The number of ketones is 1. The maximum atomic E-state index is 11.4. The lowest BCUT2D eigenvalue weighted by Crippen LogP contribution is -2.22. The lowest BCUT2D eigenvalue weighted by atomic mass is 9.87. The van der Waals surface area contributed by atoms with E-state index in [0.29, 0.717) is 6.42 Å². The molecule has 0 saturated heterocycles. The molecule has 0 saturated carbocycles. The van der Waals surface area contributed by atoms with Crippen LogP contribution in [-0.4, -0.2) is 11.9 Å². The van der Waals surface area contributed by atoms with E-state index in [4.69, 9.17) is 4.74 Å². The fourth-order valence-corrected chi connectivity index (χ4v) is 1.59. The molecule has 1 atom stereocenters. The molecule has 0 aromatic heterocycles. The summed E-state index contributed by atoms with van der Waals surface area (Å²) in [7, 11) is 0. The number of Topliss-reactive ketones (excluding diaryl/α,β-unsaturated/α-hetero) is 1. The van der Waals surface area contributed by atoms with Crippen molar-refractivity contribution in [2.24, 2.45) is 0 Å². The molecule has 2 heteroatoms. The van der Waals surface area contributed by atoms with Crippen LogP contribution in [0, 0.1) is 0 Å². The Morgan fingerprint density at radius 1 is 1.24 bits per heavy atom. The van der Waals surface area contributed by atoms with Gasteiger partial charge in [-0.1, -0.05) is 39.8 Å². The van der Waals surface area contributed by atoms with Gasteiger partial charge in [0, 0.05) is 6.42 Å². The van der Waals surface area contributed by atoms with E-state index >= 15 is 0 Å². The molecule has 0 fully saturated rings. The summed E-state index contributed by atoms with van der Waals surface area (Å²) in [6.07, 6.45) is 0.154. The van der Waals surface area contributed by atoms with Gasteiger partial charge >= 0.3 is 0 Å². The first-order valence-corrected chi connectivity index (χ1v) is 6.14. The zero-order valence-electron chi connectivity index (χ0n) is 11.4. The van der Waals surface area contributed by atoms with Crippen LogP contribution in [-0.2, 0) is 10.2 Å². The van der Waals surface area contributed by atoms with Crippen LogP contribution in [0.3, 0.4) is 0 Å². The molecule has 0 radical (unpaired) electrons. The average Bonchev–Trinajstić information content (AvgIpc) is 2.27. The maximum Gasteiger partial charge on any atom is 0.172 e. The lowest BCUT2D eigenvalue weighted by molar-refractivity contribution is -0.124. The van der Waals surface area contributed by atoms with Gasteiger partial charge in [0.15, 0.2) is 11.9 Å². The molecule has 0 aliphatic carbocycles.